The molecule has 0 fully saturated rings. The normalized spacial score (nSPS) is 16.9. The summed E-state index contributed by atoms with van der Waals surface area (Å²) in [6.45, 7) is 2.11. The summed E-state index contributed by atoms with van der Waals surface area (Å²) in [7, 11) is 3.04. The molecule has 1 aromatic carbocycles. The lowest BCUT2D eigenvalue weighted by Gasteiger charge is -2.24. The van der Waals surface area contributed by atoms with Crippen molar-refractivity contribution < 1.29 is 28.6 Å². The van der Waals surface area contributed by atoms with Gasteiger partial charge in [-0.15, -0.1) is 20.7 Å². The van der Waals surface area contributed by atoms with E-state index in [1.807, 2.05) is 6.08 Å². The van der Waals surface area contributed by atoms with Crippen LogP contribution in [-0.4, -0.2) is 53.1 Å². The number of hydrogen-bond acceptors (Lipinski definition) is 6. The summed E-state index contributed by atoms with van der Waals surface area (Å²) in [6.07, 6.45) is 8.59. The van der Waals surface area contributed by atoms with Gasteiger partial charge in [-0.2, -0.15) is 0 Å². The predicted molar refractivity (Wildman–Crippen MR) is 143 cm³/mol. The fourth-order valence-corrected chi connectivity index (χ4v) is 6.05. The first-order valence-corrected chi connectivity index (χ1v) is 14.3. The van der Waals surface area contributed by atoms with Gasteiger partial charge in [0.15, 0.2) is 0 Å². The number of methoxy groups -OCH3 is 2. The molecule has 0 aliphatic heterocycles. The number of carbonyl (C=O) groups excluding carboxylic acids is 3. The lowest BCUT2D eigenvalue weighted by molar-refractivity contribution is -0.144. The van der Waals surface area contributed by atoms with Crippen LogP contribution in [0.25, 0.3) is 5.57 Å². The average molecular weight is 582 g/mol. The van der Waals surface area contributed by atoms with Gasteiger partial charge in [0.1, 0.15) is 5.78 Å². The fourth-order valence-electron chi connectivity index (χ4n) is 4.02. The quantitative estimate of drug-likeness (QED) is 0.178. The smallest absolute Gasteiger partial charge is 0.306 e. The van der Waals surface area contributed by atoms with Crippen LogP contribution < -0.4 is 0 Å². The zero-order chi connectivity index (χ0) is 24.9. The molecular formula is C27H35IO6. The lowest BCUT2D eigenvalue weighted by atomic mass is 9.89. The van der Waals surface area contributed by atoms with Crippen LogP contribution in [-0.2, 0) is 35.0 Å². The van der Waals surface area contributed by atoms with Crippen molar-refractivity contribution in [2.75, 3.05) is 20.8 Å². The van der Waals surface area contributed by atoms with Crippen molar-refractivity contribution in [3.05, 3.63) is 53.6 Å². The Morgan fingerprint density at radius 3 is 2.44 bits per heavy atom. The number of hydrogen-bond donors (Lipinski definition) is 0. The Hall–Kier alpha value is -2.13. The molecule has 0 radical (unpaired) electrons. The summed E-state index contributed by atoms with van der Waals surface area (Å²) < 4.78 is 19.6. The maximum Gasteiger partial charge on any atom is 0.306 e. The molecule has 0 bridgehead atoms. The van der Waals surface area contributed by atoms with Crippen molar-refractivity contribution in [1.29, 1.82) is 0 Å². The summed E-state index contributed by atoms with van der Waals surface area (Å²) in [6, 6.07) is 8.33. The summed E-state index contributed by atoms with van der Waals surface area (Å²) in [5.41, 5.74) is 3.36. The van der Waals surface area contributed by atoms with E-state index in [4.69, 9.17) is 9.47 Å². The molecule has 186 valence electrons. The highest BCUT2D eigenvalue weighted by atomic mass is 127. The van der Waals surface area contributed by atoms with E-state index in [1.165, 1.54) is 7.11 Å². The molecule has 1 aliphatic carbocycles. The van der Waals surface area contributed by atoms with Crippen molar-refractivity contribution in [3.63, 3.8) is 0 Å². The molecule has 1 aliphatic rings. The summed E-state index contributed by atoms with van der Waals surface area (Å²) in [4.78, 5) is 36.2. The van der Waals surface area contributed by atoms with E-state index in [2.05, 4.69) is 45.7 Å². The van der Waals surface area contributed by atoms with Crippen LogP contribution in [0.5, 0.6) is 0 Å². The van der Waals surface area contributed by atoms with Crippen LogP contribution in [0.3, 0.4) is 0 Å². The zero-order valence-electron chi connectivity index (χ0n) is 20.3. The van der Waals surface area contributed by atoms with Gasteiger partial charge >= 0.3 is 11.9 Å². The van der Waals surface area contributed by atoms with Crippen LogP contribution in [0, 0.1) is 5.92 Å². The van der Waals surface area contributed by atoms with Crippen molar-refractivity contribution in [2.24, 2.45) is 5.92 Å². The van der Waals surface area contributed by atoms with Crippen molar-refractivity contribution in [1.82, 2.24) is 0 Å². The molecule has 0 spiro atoms. The van der Waals surface area contributed by atoms with Gasteiger partial charge in [0.2, 0.25) is 0 Å². The number of Topliss-reactive ketones (excluding diaryl/α,β-unsaturated/α-hetero) is 1. The summed E-state index contributed by atoms with van der Waals surface area (Å²) in [5, 5.41) is 0. The standard InChI is InChI=1S/C27H35IO6/c1-5-34-27(31)17-21(24(28-2)18-22(29)14-15-26(30)33-4)16-19-10-12-20(13-11-19)23-8-6-7-9-25(23)32-3/h6-8,10-13,21,24-25H,2,5,9,14-18H2,1,3-4H3. The third-order valence-corrected chi connectivity index (χ3v) is 8.47. The van der Waals surface area contributed by atoms with Crippen molar-refractivity contribution in [3.8, 4) is 0 Å². The Morgan fingerprint density at radius 2 is 1.82 bits per heavy atom. The third kappa shape index (κ3) is 8.91. The average Bonchev–Trinajstić information content (AvgIpc) is 2.86. The molecule has 0 heterocycles. The maximum atomic E-state index is 12.5. The van der Waals surface area contributed by atoms with Crippen LogP contribution in [0.2, 0.25) is 0 Å². The highest BCUT2D eigenvalue weighted by Crippen LogP contribution is 2.31. The molecular weight excluding hydrogens is 547 g/mol. The number of benzene rings is 1. The minimum absolute atomic E-state index is 0.00542. The van der Waals surface area contributed by atoms with Crippen LogP contribution in [0.1, 0.15) is 50.2 Å². The second-order valence-electron chi connectivity index (χ2n) is 8.17. The Morgan fingerprint density at radius 1 is 1.09 bits per heavy atom. The van der Waals surface area contributed by atoms with Crippen LogP contribution in [0.15, 0.2) is 42.5 Å². The Kier molecular flexibility index (Phi) is 12.4. The second kappa shape index (κ2) is 15.0. The minimum Gasteiger partial charge on any atom is -0.469 e. The van der Waals surface area contributed by atoms with Gasteiger partial charge in [0.05, 0.1) is 26.2 Å². The number of ether oxygens (including phenoxy) is 3. The van der Waals surface area contributed by atoms with E-state index in [9.17, 15) is 14.4 Å². The monoisotopic (exact) mass is 582 g/mol. The molecule has 2 rings (SSSR count). The van der Waals surface area contributed by atoms with Crippen molar-refractivity contribution >= 4 is 48.5 Å². The molecule has 6 nitrogen and oxygen atoms in total. The zero-order valence-corrected chi connectivity index (χ0v) is 22.4. The highest BCUT2D eigenvalue weighted by Gasteiger charge is 2.26. The molecule has 7 heteroatoms. The Bertz CT molecular complexity index is 902. The van der Waals surface area contributed by atoms with E-state index in [0.717, 1.165) is 23.1 Å². The van der Waals surface area contributed by atoms with Gasteiger partial charge < -0.3 is 14.2 Å². The molecule has 1 aromatic rings. The van der Waals surface area contributed by atoms with Crippen LogP contribution >= 0.6 is 20.7 Å². The molecule has 3 atom stereocenters. The molecule has 0 amide bonds. The number of ketones is 1. The van der Waals surface area contributed by atoms with Gasteiger partial charge in [-0.1, -0.05) is 47.0 Å². The van der Waals surface area contributed by atoms with Gasteiger partial charge in [-0.05, 0) is 42.4 Å². The molecule has 34 heavy (non-hydrogen) atoms. The third-order valence-electron chi connectivity index (χ3n) is 5.88. The Labute approximate surface area is 212 Å². The number of halogens is 1. The fraction of sp³-hybridized carbons (Fsp3) is 0.481. The van der Waals surface area contributed by atoms with Crippen molar-refractivity contribution in [2.45, 2.75) is 55.5 Å². The second-order valence-corrected chi connectivity index (χ2v) is 10.7. The number of rotatable bonds is 14. The number of carbonyl (C=O) groups is 3. The molecule has 0 saturated carbocycles. The predicted octanol–water partition coefficient (Wildman–Crippen LogP) is 4.84. The SMILES string of the molecule is C=IC(CC(=O)CCC(=O)OC)C(CC(=O)OCC)Cc1ccc(C2=CC=CCC2OC)cc1. The molecule has 3 unspecified atom stereocenters. The molecule has 0 saturated heterocycles. The molecule has 0 aromatic heterocycles. The van der Waals surface area contributed by atoms with Gasteiger partial charge in [0.25, 0.3) is 0 Å². The first-order valence-electron chi connectivity index (χ1n) is 11.5. The largest absolute Gasteiger partial charge is 0.469 e. The van der Waals surface area contributed by atoms with Crippen LogP contribution in [0.4, 0.5) is 0 Å². The Balaban J connectivity index is 2.14. The van der Waals surface area contributed by atoms with E-state index in [-0.39, 0.29) is 47.0 Å². The van der Waals surface area contributed by atoms with E-state index in [1.54, 1.807) is 14.0 Å². The first kappa shape index (κ1) is 28.1. The van der Waals surface area contributed by atoms with E-state index in [0.29, 0.717) is 19.4 Å². The summed E-state index contributed by atoms with van der Waals surface area (Å²) >= 11 is -0.557. The maximum absolute atomic E-state index is 12.5. The van der Waals surface area contributed by atoms with E-state index < -0.39 is 26.7 Å². The summed E-state index contributed by atoms with van der Waals surface area (Å²) in [5.74, 6) is -0.681. The van der Waals surface area contributed by atoms with E-state index >= 15 is 0 Å². The van der Waals surface area contributed by atoms with Gasteiger partial charge in [-0.3, -0.25) is 14.4 Å². The first-order chi connectivity index (χ1) is 16.4. The van der Waals surface area contributed by atoms with Gasteiger partial charge in [0, 0.05) is 30.3 Å². The number of esters is 2. The minimum atomic E-state index is -0.557. The topological polar surface area (TPSA) is 78.9 Å². The van der Waals surface area contributed by atoms with Gasteiger partial charge in [-0.25, -0.2) is 0 Å². The number of alkyl halides is 1. The molecule has 0 N–H and O–H groups in total. The highest BCUT2D eigenvalue weighted by molar-refractivity contribution is 14.2. The lowest BCUT2D eigenvalue weighted by Crippen LogP contribution is -2.25. The number of allylic oxidation sites excluding steroid dienone is 2.